The Kier molecular flexibility index (Phi) is 6.02. The van der Waals surface area contributed by atoms with Crippen LogP contribution in [0.3, 0.4) is 0 Å². The summed E-state index contributed by atoms with van der Waals surface area (Å²) < 4.78 is 12.9. The van der Waals surface area contributed by atoms with Crippen molar-refractivity contribution in [2.24, 2.45) is 0 Å². The maximum atomic E-state index is 12.9. The molecule has 0 spiro atoms. The van der Waals surface area contributed by atoms with Gasteiger partial charge in [-0.2, -0.15) is 0 Å². The average Bonchev–Trinajstić information content (AvgIpc) is 2.97. The van der Waals surface area contributed by atoms with Crippen LogP contribution >= 0.6 is 11.3 Å². The lowest BCUT2D eigenvalue weighted by atomic mass is 10.2. The number of benzene rings is 1. The summed E-state index contributed by atoms with van der Waals surface area (Å²) in [5.74, 6) is -0.488. The Morgan fingerprint density at radius 3 is 2.70 bits per heavy atom. The molecule has 3 amide bonds. The molecular weight excluding hydrogens is 369 g/mol. The van der Waals surface area contributed by atoms with Crippen molar-refractivity contribution in [2.75, 3.05) is 23.7 Å². The second-order valence-corrected chi connectivity index (χ2v) is 7.74. The van der Waals surface area contributed by atoms with Gasteiger partial charge < -0.3 is 10.6 Å². The van der Waals surface area contributed by atoms with E-state index in [9.17, 15) is 14.0 Å². The molecule has 0 fully saturated rings. The molecule has 27 heavy (non-hydrogen) atoms. The highest BCUT2D eigenvalue weighted by atomic mass is 32.1. The van der Waals surface area contributed by atoms with Crippen LogP contribution in [0, 0.1) is 5.82 Å². The van der Waals surface area contributed by atoms with Crippen LogP contribution < -0.4 is 16.0 Å². The number of amides is 3. The highest BCUT2D eigenvalue weighted by Gasteiger charge is 2.23. The number of nitrogens with one attached hydrogen (secondary N) is 3. The van der Waals surface area contributed by atoms with Gasteiger partial charge in [0.2, 0.25) is 5.91 Å². The molecule has 3 rings (SSSR count). The molecule has 3 N–H and O–H groups in total. The third kappa shape index (κ3) is 5.48. The van der Waals surface area contributed by atoms with Crippen LogP contribution in [-0.2, 0) is 17.8 Å². The molecule has 1 aromatic heterocycles. The van der Waals surface area contributed by atoms with E-state index >= 15 is 0 Å². The van der Waals surface area contributed by atoms with E-state index in [1.54, 1.807) is 0 Å². The number of nitrogens with zero attached hydrogens (tertiary/aromatic N) is 2. The molecule has 2 heterocycles. The number of aromatic nitrogens is 1. The molecule has 144 valence electrons. The monoisotopic (exact) mass is 391 g/mol. The van der Waals surface area contributed by atoms with Gasteiger partial charge in [0.15, 0.2) is 5.13 Å². The number of urea groups is 1. The summed E-state index contributed by atoms with van der Waals surface area (Å²) in [5.41, 5.74) is 1.54. The van der Waals surface area contributed by atoms with E-state index in [4.69, 9.17) is 0 Å². The van der Waals surface area contributed by atoms with Gasteiger partial charge in [-0.3, -0.25) is 15.0 Å². The van der Waals surface area contributed by atoms with Gasteiger partial charge in [-0.1, -0.05) is 0 Å². The number of hydrogen-bond donors (Lipinski definition) is 3. The number of halogens is 1. The van der Waals surface area contributed by atoms with E-state index in [1.807, 2.05) is 18.7 Å². The van der Waals surface area contributed by atoms with E-state index in [1.165, 1.54) is 35.6 Å². The SMILES string of the molecule is CC(C)NC(=O)Nc1nc2c(s1)CN(CC(=O)Nc1ccc(F)cc1)CC2. The summed E-state index contributed by atoms with van der Waals surface area (Å²) in [6, 6.07) is 5.46. The zero-order valence-corrected chi connectivity index (χ0v) is 16.0. The van der Waals surface area contributed by atoms with Crippen molar-refractivity contribution in [2.45, 2.75) is 32.9 Å². The summed E-state index contributed by atoms with van der Waals surface area (Å²) in [6.45, 7) is 5.34. The average molecular weight is 391 g/mol. The predicted molar refractivity (Wildman–Crippen MR) is 103 cm³/mol. The maximum absolute atomic E-state index is 12.9. The largest absolute Gasteiger partial charge is 0.336 e. The second-order valence-electron chi connectivity index (χ2n) is 6.66. The molecule has 0 unspecified atom stereocenters. The van der Waals surface area contributed by atoms with Gasteiger partial charge in [0.1, 0.15) is 5.82 Å². The van der Waals surface area contributed by atoms with Crippen LogP contribution in [0.1, 0.15) is 24.4 Å². The van der Waals surface area contributed by atoms with E-state index < -0.39 is 0 Å². The number of carbonyl (C=O) groups excluding carboxylic acids is 2. The van der Waals surface area contributed by atoms with Crippen molar-refractivity contribution < 1.29 is 14.0 Å². The Labute approximate surface area is 161 Å². The molecule has 0 bridgehead atoms. The third-order valence-electron chi connectivity index (χ3n) is 3.95. The maximum Gasteiger partial charge on any atom is 0.321 e. The van der Waals surface area contributed by atoms with Crippen molar-refractivity contribution in [3.8, 4) is 0 Å². The first kappa shape index (κ1) is 19.2. The van der Waals surface area contributed by atoms with Gasteiger partial charge in [0, 0.05) is 36.1 Å². The fraction of sp³-hybridized carbons (Fsp3) is 0.389. The molecule has 0 atom stereocenters. The minimum atomic E-state index is -0.340. The summed E-state index contributed by atoms with van der Waals surface area (Å²) >= 11 is 1.43. The minimum Gasteiger partial charge on any atom is -0.336 e. The second kappa shape index (κ2) is 8.45. The van der Waals surface area contributed by atoms with Crippen LogP contribution in [-0.4, -0.2) is 41.0 Å². The number of hydrogen-bond acceptors (Lipinski definition) is 5. The van der Waals surface area contributed by atoms with Crippen molar-refractivity contribution in [3.05, 3.63) is 40.7 Å². The summed E-state index contributed by atoms with van der Waals surface area (Å²) in [6.07, 6.45) is 0.725. The molecule has 0 aliphatic carbocycles. The molecule has 1 aliphatic heterocycles. The fourth-order valence-corrected chi connectivity index (χ4v) is 3.81. The lowest BCUT2D eigenvalue weighted by molar-refractivity contribution is -0.117. The number of carbonyl (C=O) groups is 2. The van der Waals surface area contributed by atoms with Gasteiger partial charge in [0.25, 0.3) is 0 Å². The molecule has 9 heteroatoms. The number of thiazole rings is 1. The fourth-order valence-electron chi connectivity index (χ4n) is 2.77. The quantitative estimate of drug-likeness (QED) is 0.732. The van der Waals surface area contributed by atoms with Crippen LogP contribution in [0.25, 0.3) is 0 Å². The third-order valence-corrected chi connectivity index (χ3v) is 4.94. The van der Waals surface area contributed by atoms with Crippen molar-refractivity contribution in [1.82, 2.24) is 15.2 Å². The highest BCUT2D eigenvalue weighted by Crippen LogP contribution is 2.28. The Balaban J connectivity index is 1.54. The minimum absolute atomic E-state index is 0.0506. The van der Waals surface area contributed by atoms with Crippen molar-refractivity contribution >= 4 is 34.1 Å². The summed E-state index contributed by atoms with van der Waals surface area (Å²) in [5, 5.41) is 8.85. The van der Waals surface area contributed by atoms with Crippen LogP contribution in [0.2, 0.25) is 0 Å². The Morgan fingerprint density at radius 2 is 2.00 bits per heavy atom. The molecular formula is C18H22FN5O2S. The first-order valence-electron chi connectivity index (χ1n) is 8.73. The summed E-state index contributed by atoms with van der Waals surface area (Å²) in [4.78, 5) is 31.6. The Morgan fingerprint density at radius 1 is 1.26 bits per heavy atom. The predicted octanol–water partition coefficient (Wildman–Crippen LogP) is 2.81. The number of rotatable bonds is 5. The first-order valence-corrected chi connectivity index (χ1v) is 9.54. The zero-order valence-electron chi connectivity index (χ0n) is 15.2. The first-order chi connectivity index (χ1) is 12.9. The van der Waals surface area contributed by atoms with Crippen LogP contribution in [0.4, 0.5) is 20.0 Å². The topological polar surface area (TPSA) is 86.4 Å². The molecule has 1 aliphatic rings. The van der Waals surface area contributed by atoms with Gasteiger partial charge in [-0.15, -0.1) is 11.3 Å². The van der Waals surface area contributed by atoms with Gasteiger partial charge in [0.05, 0.1) is 12.2 Å². The zero-order chi connectivity index (χ0) is 19.4. The van der Waals surface area contributed by atoms with E-state index in [2.05, 4.69) is 20.9 Å². The molecule has 0 saturated carbocycles. The molecule has 2 aromatic rings. The number of anilines is 2. The van der Waals surface area contributed by atoms with E-state index in [0.29, 0.717) is 23.9 Å². The van der Waals surface area contributed by atoms with Gasteiger partial charge in [-0.25, -0.2) is 14.2 Å². The van der Waals surface area contributed by atoms with Crippen molar-refractivity contribution in [3.63, 3.8) is 0 Å². The smallest absolute Gasteiger partial charge is 0.321 e. The number of fused-ring (bicyclic) bond motifs is 1. The van der Waals surface area contributed by atoms with Gasteiger partial charge >= 0.3 is 6.03 Å². The molecule has 0 saturated heterocycles. The molecule has 0 radical (unpaired) electrons. The lowest BCUT2D eigenvalue weighted by Gasteiger charge is -2.25. The van der Waals surface area contributed by atoms with E-state index in [0.717, 1.165) is 17.0 Å². The highest BCUT2D eigenvalue weighted by molar-refractivity contribution is 7.15. The normalized spacial score (nSPS) is 13.9. The van der Waals surface area contributed by atoms with Crippen LogP contribution in [0.15, 0.2) is 24.3 Å². The lowest BCUT2D eigenvalue weighted by Crippen LogP contribution is -2.36. The van der Waals surface area contributed by atoms with Crippen molar-refractivity contribution in [1.29, 1.82) is 0 Å². The molecule has 1 aromatic carbocycles. The van der Waals surface area contributed by atoms with E-state index in [-0.39, 0.29) is 30.3 Å². The Bertz CT molecular complexity index is 822. The van der Waals surface area contributed by atoms with Gasteiger partial charge in [-0.05, 0) is 38.1 Å². The summed E-state index contributed by atoms with van der Waals surface area (Å²) in [7, 11) is 0. The molecule has 7 nitrogen and oxygen atoms in total. The van der Waals surface area contributed by atoms with Crippen LogP contribution in [0.5, 0.6) is 0 Å². The standard InChI is InChI=1S/C18H22FN5O2S/c1-11(2)20-17(26)23-18-22-14-7-8-24(9-15(14)27-18)10-16(25)21-13-5-3-12(19)4-6-13/h3-6,11H,7-10H2,1-2H3,(H,21,25)(H2,20,22,23,26). The Hall–Kier alpha value is -2.52.